The minimum atomic E-state index is -0.637. The van der Waals surface area contributed by atoms with Crippen molar-refractivity contribution in [1.29, 1.82) is 5.26 Å². The Morgan fingerprint density at radius 3 is 2.59 bits per heavy atom. The number of hydrogen-bond acceptors (Lipinski definition) is 2. The average molecular weight is 234 g/mol. The molecule has 2 rings (SSSR count). The van der Waals surface area contributed by atoms with Crippen molar-refractivity contribution in [2.75, 3.05) is 13.1 Å². The van der Waals surface area contributed by atoms with E-state index in [2.05, 4.69) is 26.8 Å². The Bertz CT molecular complexity index is 352. The second-order valence-corrected chi connectivity index (χ2v) is 6.12. The average Bonchev–Trinajstić information content (AvgIpc) is 3.09. The van der Waals surface area contributed by atoms with Gasteiger partial charge in [0.15, 0.2) is 0 Å². The molecule has 0 aromatic rings. The van der Waals surface area contributed by atoms with Crippen molar-refractivity contribution < 1.29 is 4.79 Å². The third-order valence-corrected chi connectivity index (χ3v) is 4.53. The molecule has 2 unspecified atom stereocenters. The molecular weight excluding hydrogens is 212 g/mol. The Kier molecular flexibility index (Phi) is 3.16. The van der Waals surface area contributed by atoms with Gasteiger partial charge in [0.05, 0.1) is 6.07 Å². The van der Waals surface area contributed by atoms with Gasteiger partial charge in [0.2, 0.25) is 5.91 Å². The summed E-state index contributed by atoms with van der Waals surface area (Å²) in [5.74, 6) is 1.98. The van der Waals surface area contributed by atoms with E-state index in [0.717, 1.165) is 32.4 Å². The van der Waals surface area contributed by atoms with E-state index in [1.165, 1.54) is 0 Å². The highest BCUT2D eigenvalue weighted by atomic mass is 16.2. The van der Waals surface area contributed by atoms with Crippen LogP contribution in [0.1, 0.15) is 40.0 Å². The predicted molar refractivity (Wildman–Crippen MR) is 66.0 cm³/mol. The van der Waals surface area contributed by atoms with Gasteiger partial charge in [-0.2, -0.15) is 5.26 Å². The van der Waals surface area contributed by atoms with Crippen molar-refractivity contribution in [2.24, 2.45) is 23.2 Å². The minimum absolute atomic E-state index is 0.0950. The summed E-state index contributed by atoms with van der Waals surface area (Å²) in [6, 6.07) is 2.21. The maximum atomic E-state index is 12.3. The Hall–Kier alpha value is -1.04. The monoisotopic (exact) mass is 234 g/mol. The van der Waals surface area contributed by atoms with Crippen LogP contribution in [0.4, 0.5) is 0 Å². The SMILES string of the molecule is CC(C)C1CN(C(=O)C2(C#N)CC2)CCC1C. The van der Waals surface area contributed by atoms with Crippen LogP contribution in [0, 0.1) is 34.5 Å². The maximum absolute atomic E-state index is 12.3. The maximum Gasteiger partial charge on any atom is 0.243 e. The summed E-state index contributed by atoms with van der Waals surface area (Å²) in [7, 11) is 0. The highest BCUT2D eigenvalue weighted by Crippen LogP contribution is 2.47. The zero-order valence-electron chi connectivity index (χ0n) is 11.1. The second kappa shape index (κ2) is 4.33. The lowest BCUT2D eigenvalue weighted by Gasteiger charge is -2.40. The molecule has 1 saturated carbocycles. The molecule has 1 heterocycles. The fourth-order valence-electron chi connectivity index (χ4n) is 2.95. The minimum Gasteiger partial charge on any atom is -0.341 e. The molecule has 17 heavy (non-hydrogen) atoms. The van der Waals surface area contributed by atoms with Crippen LogP contribution in [0.3, 0.4) is 0 Å². The first-order valence-electron chi connectivity index (χ1n) is 6.71. The largest absolute Gasteiger partial charge is 0.341 e. The van der Waals surface area contributed by atoms with Crippen molar-refractivity contribution in [3.05, 3.63) is 0 Å². The quantitative estimate of drug-likeness (QED) is 0.736. The van der Waals surface area contributed by atoms with Crippen molar-refractivity contribution in [3.8, 4) is 6.07 Å². The lowest BCUT2D eigenvalue weighted by atomic mass is 9.79. The molecule has 1 aliphatic heterocycles. The van der Waals surface area contributed by atoms with Crippen LogP contribution in [0.15, 0.2) is 0 Å². The van der Waals surface area contributed by atoms with E-state index in [0.29, 0.717) is 17.8 Å². The first-order valence-corrected chi connectivity index (χ1v) is 6.71. The topological polar surface area (TPSA) is 44.1 Å². The van der Waals surface area contributed by atoms with E-state index in [9.17, 15) is 4.79 Å². The van der Waals surface area contributed by atoms with Crippen LogP contribution in [-0.2, 0) is 4.79 Å². The summed E-state index contributed by atoms with van der Waals surface area (Å²) in [6.45, 7) is 8.43. The molecular formula is C14H22N2O. The zero-order chi connectivity index (χ0) is 12.6. The highest BCUT2D eigenvalue weighted by molar-refractivity contribution is 5.88. The van der Waals surface area contributed by atoms with Crippen molar-refractivity contribution in [3.63, 3.8) is 0 Å². The first-order chi connectivity index (χ1) is 8.00. The lowest BCUT2D eigenvalue weighted by Crippen LogP contribution is -2.47. The van der Waals surface area contributed by atoms with Gasteiger partial charge in [0, 0.05) is 13.1 Å². The van der Waals surface area contributed by atoms with Gasteiger partial charge in [-0.3, -0.25) is 4.79 Å². The number of amides is 1. The van der Waals surface area contributed by atoms with Gasteiger partial charge in [0.25, 0.3) is 0 Å². The van der Waals surface area contributed by atoms with E-state index in [-0.39, 0.29) is 5.91 Å². The summed E-state index contributed by atoms with van der Waals surface area (Å²) in [5, 5.41) is 9.09. The normalized spacial score (nSPS) is 31.1. The van der Waals surface area contributed by atoms with Crippen LogP contribution in [0.2, 0.25) is 0 Å². The van der Waals surface area contributed by atoms with Gasteiger partial charge >= 0.3 is 0 Å². The summed E-state index contributed by atoms with van der Waals surface area (Å²) in [4.78, 5) is 14.2. The van der Waals surface area contributed by atoms with Gasteiger partial charge in [-0.1, -0.05) is 20.8 Å². The summed E-state index contributed by atoms with van der Waals surface area (Å²) >= 11 is 0. The molecule has 0 aromatic carbocycles. The van der Waals surface area contributed by atoms with E-state index in [1.807, 2.05) is 4.90 Å². The van der Waals surface area contributed by atoms with Crippen LogP contribution in [0.5, 0.6) is 0 Å². The van der Waals surface area contributed by atoms with Crippen molar-refractivity contribution in [2.45, 2.75) is 40.0 Å². The Balaban J connectivity index is 2.04. The number of likely N-dealkylation sites (tertiary alicyclic amines) is 1. The molecule has 2 fully saturated rings. The van der Waals surface area contributed by atoms with Gasteiger partial charge in [-0.25, -0.2) is 0 Å². The summed E-state index contributed by atoms with van der Waals surface area (Å²) < 4.78 is 0. The Morgan fingerprint density at radius 1 is 1.47 bits per heavy atom. The molecule has 0 N–H and O–H groups in total. The Labute approximate surface area is 104 Å². The van der Waals surface area contributed by atoms with Crippen LogP contribution in [-0.4, -0.2) is 23.9 Å². The Morgan fingerprint density at radius 2 is 2.12 bits per heavy atom. The van der Waals surface area contributed by atoms with Gasteiger partial charge in [-0.05, 0) is 37.0 Å². The molecule has 0 radical (unpaired) electrons. The van der Waals surface area contributed by atoms with Gasteiger partial charge in [0.1, 0.15) is 5.41 Å². The predicted octanol–water partition coefficient (Wildman–Crippen LogP) is 2.43. The fraction of sp³-hybridized carbons (Fsp3) is 0.857. The molecule has 94 valence electrons. The molecule has 2 aliphatic rings. The van der Waals surface area contributed by atoms with E-state index < -0.39 is 5.41 Å². The molecule has 3 nitrogen and oxygen atoms in total. The number of carbonyl (C=O) groups excluding carboxylic acids is 1. The standard InChI is InChI=1S/C14H22N2O/c1-10(2)12-8-16(7-4-11(12)3)13(17)14(9-15)5-6-14/h10-12H,4-8H2,1-3H3. The van der Waals surface area contributed by atoms with Crippen LogP contribution < -0.4 is 0 Å². The number of carbonyl (C=O) groups is 1. The van der Waals surface area contributed by atoms with E-state index >= 15 is 0 Å². The van der Waals surface area contributed by atoms with Crippen molar-refractivity contribution in [1.82, 2.24) is 4.90 Å². The van der Waals surface area contributed by atoms with Crippen LogP contribution in [0.25, 0.3) is 0 Å². The van der Waals surface area contributed by atoms with Gasteiger partial charge < -0.3 is 4.90 Å². The molecule has 1 saturated heterocycles. The second-order valence-electron chi connectivity index (χ2n) is 6.12. The molecule has 2 atom stereocenters. The number of piperidine rings is 1. The summed E-state index contributed by atoms with van der Waals surface area (Å²) in [5.41, 5.74) is -0.637. The van der Waals surface area contributed by atoms with E-state index in [1.54, 1.807) is 0 Å². The van der Waals surface area contributed by atoms with E-state index in [4.69, 9.17) is 5.26 Å². The number of nitriles is 1. The first kappa shape index (κ1) is 12.4. The van der Waals surface area contributed by atoms with Crippen LogP contribution >= 0.6 is 0 Å². The highest BCUT2D eigenvalue weighted by Gasteiger charge is 2.53. The summed E-state index contributed by atoms with van der Waals surface area (Å²) in [6.07, 6.45) is 2.61. The molecule has 0 bridgehead atoms. The molecule has 0 spiro atoms. The van der Waals surface area contributed by atoms with Gasteiger partial charge in [-0.15, -0.1) is 0 Å². The fourth-order valence-corrected chi connectivity index (χ4v) is 2.95. The lowest BCUT2D eigenvalue weighted by molar-refractivity contribution is -0.138. The molecule has 1 aliphatic carbocycles. The molecule has 1 amide bonds. The third kappa shape index (κ3) is 2.18. The molecule has 3 heteroatoms. The zero-order valence-corrected chi connectivity index (χ0v) is 11.1. The third-order valence-electron chi connectivity index (χ3n) is 4.53. The molecule has 0 aromatic heterocycles. The number of rotatable bonds is 2. The van der Waals surface area contributed by atoms with Crippen molar-refractivity contribution >= 4 is 5.91 Å². The smallest absolute Gasteiger partial charge is 0.243 e. The number of nitrogens with zero attached hydrogens (tertiary/aromatic N) is 2. The number of hydrogen-bond donors (Lipinski definition) is 0.